The molecule has 1 aromatic carbocycles. The van der Waals surface area contributed by atoms with Crippen molar-refractivity contribution in [3.8, 4) is 11.8 Å². The molecule has 0 spiro atoms. The molecule has 1 aliphatic heterocycles. The third-order valence-electron chi connectivity index (χ3n) is 5.45. The Bertz CT molecular complexity index is 1230. The number of halogens is 2. The highest BCUT2D eigenvalue weighted by Crippen LogP contribution is 2.31. The molecule has 3 heterocycles. The maximum atomic E-state index is 12.8. The number of phenols is 1. The van der Waals surface area contributed by atoms with E-state index in [4.69, 9.17) is 0 Å². The van der Waals surface area contributed by atoms with Crippen molar-refractivity contribution in [2.75, 3.05) is 31.1 Å². The number of fused-ring (bicyclic) bond motifs is 1. The molecule has 4 rings (SSSR count). The highest BCUT2D eigenvalue weighted by atomic mass is 79.9. The summed E-state index contributed by atoms with van der Waals surface area (Å²) in [6.45, 7) is 3.41. The van der Waals surface area contributed by atoms with Crippen LogP contribution in [-0.4, -0.2) is 45.7 Å². The Morgan fingerprint density at radius 3 is 2.60 bits per heavy atom. The zero-order valence-electron chi connectivity index (χ0n) is 16.3. The lowest BCUT2D eigenvalue weighted by molar-refractivity contribution is 0.246. The predicted octanol–water partition coefficient (Wildman–Crippen LogP) is 3.36. The molecule has 7 nitrogen and oxygen atoms in total. The normalized spacial score (nSPS) is 14.8. The quantitative estimate of drug-likeness (QED) is 0.521. The van der Waals surface area contributed by atoms with E-state index < -0.39 is 0 Å². The van der Waals surface area contributed by atoms with Crippen LogP contribution in [0.2, 0.25) is 0 Å². The van der Waals surface area contributed by atoms with E-state index in [0.29, 0.717) is 45.4 Å². The summed E-state index contributed by atoms with van der Waals surface area (Å²) in [5.74, 6) is 0.262. The maximum absolute atomic E-state index is 12.8. The molecule has 3 aromatic rings. The number of para-hydroxylation sites is 1. The standard InChI is InChI=1S/C21H19Br2N5O2/c1-26-16-5-6-17(23)25-18(16)19(14(11-24)21(26)30)28-9-7-27(8-10-28)12-13-3-2-4-15(22)20(13)29/h2-6,29H,7-10,12H2,1H3. The fraction of sp³-hybridized carbons (Fsp3) is 0.286. The Balaban J connectivity index is 1.64. The number of nitrogens with zero attached hydrogens (tertiary/aromatic N) is 5. The minimum Gasteiger partial charge on any atom is -0.506 e. The molecule has 1 fully saturated rings. The molecule has 1 aliphatic rings. The van der Waals surface area contributed by atoms with Gasteiger partial charge in [-0.25, -0.2) is 4.98 Å². The Labute approximate surface area is 190 Å². The van der Waals surface area contributed by atoms with Gasteiger partial charge in [0.25, 0.3) is 5.56 Å². The molecule has 1 N–H and O–H groups in total. The largest absolute Gasteiger partial charge is 0.506 e. The summed E-state index contributed by atoms with van der Waals surface area (Å²) >= 11 is 6.76. The Morgan fingerprint density at radius 2 is 1.90 bits per heavy atom. The van der Waals surface area contributed by atoms with Crippen LogP contribution in [0.5, 0.6) is 5.75 Å². The van der Waals surface area contributed by atoms with Gasteiger partial charge in [-0.3, -0.25) is 9.69 Å². The first-order valence-corrected chi connectivity index (χ1v) is 11.0. The number of piperazine rings is 1. The smallest absolute Gasteiger partial charge is 0.270 e. The molecular formula is C21H19Br2N5O2. The van der Waals surface area contributed by atoms with Gasteiger partial charge in [0.15, 0.2) is 0 Å². The Morgan fingerprint density at radius 1 is 1.17 bits per heavy atom. The fourth-order valence-corrected chi connectivity index (χ4v) is 4.55. The van der Waals surface area contributed by atoms with Gasteiger partial charge in [0.1, 0.15) is 27.5 Å². The van der Waals surface area contributed by atoms with Gasteiger partial charge < -0.3 is 14.6 Å². The van der Waals surface area contributed by atoms with Gasteiger partial charge >= 0.3 is 0 Å². The molecule has 0 unspecified atom stereocenters. The summed E-state index contributed by atoms with van der Waals surface area (Å²) in [5.41, 5.74) is 2.60. The van der Waals surface area contributed by atoms with Crippen molar-refractivity contribution in [1.82, 2.24) is 14.5 Å². The topological polar surface area (TPSA) is 85.4 Å². The van der Waals surface area contributed by atoms with Crippen LogP contribution in [0.1, 0.15) is 11.1 Å². The number of rotatable bonds is 3. The number of anilines is 1. The number of aromatic hydroxyl groups is 1. The van der Waals surface area contributed by atoms with Crippen LogP contribution in [-0.2, 0) is 13.6 Å². The summed E-state index contributed by atoms with van der Waals surface area (Å²) in [7, 11) is 1.66. The van der Waals surface area contributed by atoms with Crippen LogP contribution in [0.3, 0.4) is 0 Å². The molecular weight excluding hydrogens is 514 g/mol. The van der Waals surface area contributed by atoms with Gasteiger partial charge in [-0.1, -0.05) is 12.1 Å². The van der Waals surface area contributed by atoms with Gasteiger partial charge in [0.05, 0.1) is 15.7 Å². The minimum atomic E-state index is -0.314. The number of nitriles is 1. The van der Waals surface area contributed by atoms with Gasteiger partial charge in [-0.05, 0) is 50.1 Å². The number of phenolic OH excluding ortho intramolecular Hbond substituents is 1. The lowest BCUT2D eigenvalue weighted by Gasteiger charge is -2.36. The van der Waals surface area contributed by atoms with Crippen molar-refractivity contribution < 1.29 is 5.11 Å². The number of aryl methyl sites for hydroxylation is 1. The maximum Gasteiger partial charge on any atom is 0.270 e. The summed E-state index contributed by atoms with van der Waals surface area (Å²) in [6.07, 6.45) is 0. The average molecular weight is 533 g/mol. The van der Waals surface area contributed by atoms with Crippen LogP contribution in [0.25, 0.3) is 11.0 Å². The van der Waals surface area contributed by atoms with Crippen molar-refractivity contribution in [2.24, 2.45) is 7.05 Å². The Kier molecular flexibility index (Phi) is 5.82. The highest BCUT2D eigenvalue weighted by molar-refractivity contribution is 9.10. The second-order valence-corrected chi connectivity index (χ2v) is 8.88. The molecule has 30 heavy (non-hydrogen) atoms. The molecule has 0 amide bonds. The lowest BCUT2D eigenvalue weighted by Crippen LogP contribution is -2.47. The SMILES string of the molecule is Cn1c(=O)c(C#N)c(N2CCN(Cc3cccc(Br)c3O)CC2)c2nc(Br)ccc21. The molecule has 1 saturated heterocycles. The second kappa shape index (κ2) is 8.38. The van der Waals surface area contributed by atoms with Gasteiger partial charge in [0.2, 0.25) is 0 Å². The van der Waals surface area contributed by atoms with Crippen LogP contribution >= 0.6 is 31.9 Å². The monoisotopic (exact) mass is 531 g/mol. The average Bonchev–Trinajstić information content (AvgIpc) is 2.74. The van der Waals surface area contributed by atoms with Gasteiger partial charge in [-0.15, -0.1) is 0 Å². The van der Waals surface area contributed by atoms with E-state index >= 15 is 0 Å². The van der Waals surface area contributed by atoms with Crippen molar-refractivity contribution >= 4 is 48.6 Å². The fourth-order valence-electron chi connectivity index (χ4n) is 3.84. The molecule has 0 atom stereocenters. The number of aromatic nitrogens is 2. The molecule has 0 bridgehead atoms. The van der Waals surface area contributed by atoms with E-state index in [9.17, 15) is 15.2 Å². The van der Waals surface area contributed by atoms with Crippen LogP contribution in [0, 0.1) is 11.3 Å². The lowest BCUT2D eigenvalue weighted by atomic mass is 10.1. The van der Waals surface area contributed by atoms with Crippen LogP contribution in [0.4, 0.5) is 5.69 Å². The van der Waals surface area contributed by atoms with Crippen molar-refractivity contribution in [1.29, 1.82) is 5.26 Å². The van der Waals surface area contributed by atoms with Crippen molar-refractivity contribution in [3.63, 3.8) is 0 Å². The molecule has 0 radical (unpaired) electrons. The Hall–Kier alpha value is -2.41. The van der Waals surface area contributed by atoms with E-state index in [1.54, 1.807) is 13.1 Å². The first-order valence-electron chi connectivity index (χ1n) is 9.43. The summed E-state index contributed by atoms with van der Waals surface area (Å²) in [4.78, 5) is 21.7. The van der Waals surface area contributed by atoms with E-state index in [1.807, 2.05) is 24.3 Å². The number of pyridine rings is 2. The second-order valence-electron chi connectivity index (χ2n) is 7.21. The first kappa shape index (κ1) is 20.8. The molecule has 154 valence electrons. The third kappa shape index (κ3) is 3.71. The van der Waals surface area contributed by atoms with Crippen molar-refractivity contribution in [2.45, 2.75) is 6.54 Å². The number of hydrogen-bond acceptors (Lipinski definition) is 6. The van der Waals surface area contributed by atoms with Crippen molar-refractivity contribution in [3.05, 3.63) is 60.9 Å². The molecule has 2 aromatic heterocycles. The van der Waals surface area contributed by atoms with E-state index in [0.717, 1.165) is 18.7 Å². The van der Waals surface area contributed by atoms with Crippen LogP contribution in [0.15, 0.2) is 44.2 Å². The number of benzene rings is 1. The highest BCUT2D eigenvalue weighted by Gasteiger charge is 2.25. The van der Waals surface area contributed by atoms with Gasteiger partial charge in [0, 0.05) is 45.3 Å². The third-order valence-corrected chi connectivity index (χ3v) is 6.53. The summed E-state index contributed by atoms with van der Waals surface area (Å²) < 4.78 is 2.81. The predicted molar refractivity (Wildman–Crippen MR) is 123 cm³/mol. The molecule has 0 aliphatic carbocycles. The molecule has 0 saturated carbocycles. The van der Waals surface area contributed by atoms with Crippen LogP contribution < -0.4 is 10.5 Å². The minimum absolute atomic E-state index is 0.119. The zero-order valence-corrected chi connectivity index (χ0v) is 19.4. The van der Waals surface area contributed by atoms with E-state index in [-0.39, 0.29) is 16.9 Å². The first-order chi connectivity index (χ1) is 14.4. The zero-order chi connectivity index (χ0) is 21.4. The number of hydrogen-bond donors (Lipinski definition) is 1. The van der Waals surface area contributed by atoms with E-state index in [1.165, 1.54) is 4.57 Å². The van der Waals surface area contributed by atoms with E-state index in [2.05, 4.69) is 52.7 Å². The van der Waals surface area contributed by atoms with Gasteiger partial charge in [-0.2, -0.15) is 5.26 Å². The molecule has 9 heteroatoms. The summed E-state index contributed by atoms with van der Waals surface area (Å²) in [5, 5.41) is 20.0. The summed E-state index contributed by atoms with van der Waals surface area (Å²) in [6, 6.07) is 11.4.